The second-order valence-electron chi connectivity index (χ2n) is 6.63. The van der Waals surface area contributed by atoms with Crippen LogP contribution in [0.1, 0.15) is 24.8 Å². The molecular formula is C22H21N5. The topological polar surface area (TPSA) is 64.8 Å². The minimum Gasteiger partial charge on any atom is -0.356 e. The molecule has 0 bridgehead atoms. The maximum atomic E-state index is 9.36. The van der Waals surface area contributed by atoms with Crippen molar-refractivity contribution < 1.29 is 0 Å². The maximum absolute atomic E-state index is 9.36. The van der Waals surface area contributed by atoms with Gasteiger partial charge in [-0.15, -0.1) is 0 Å². The molecule has 2 heterocycles. The summed E-state index contributed by atoms with van der Waals surface area (Å²) >= 11 is 0. The Morgan fingerprint density at radius 1 is 0.889 bits per heavy atom. The lowest BCUT2D eigenvalue weighted by Crippen LogP contribution is -2.30. The number of nitrogens with one attached hydrogen (secondary N) is 1. The highest BCUT2D eigenvalue weighted by atomic mass is 15.2. The van der Waals surface area contributed by atoms with Crippen molar-refractivity contribution in [2.24, 2.45) is 0 Å². The van der Waals surface area contributed by atoms with E-state index in [4.69, 9.17) is 9.97 Å². The van der Waals surface area contributed by atoms with Gasteiger partial charge in [0.25, 0.3) is 0 Å². The Labute approximate surface area is 159 Å². The zero-order chi connectivity index (χ0) is 18.5. The SMILES string of the molecule is N#Cc1ccccc1Nc1cc(N2CCCCC2)nc(-c2ccccc2)n1. The van der Waals surface area contributed by atoms with E-state index in [1.807, 2.05) is 54.6 Å². The number of nitrogens with zero attached hydrogens (tertiary/aromatic N) is 4. The fraction of sp³-hybridized carbons (Fsp3) is 0.227. The van der Waals surface area contributed by atoms with Crippen LogP contribution in [-0.4, -0.2) is 23.1 Å². The molecule has 1 fully saturated rings. The summed E-state index contributed by atoms with van der Waals surface area (Å²) in [7, 11) is 0. The van der Waals surface area contributed by atoms with Gasteiger partial charge in [0.1, 0.15) is 17.7 Å². The summed E-state index contributed by atoms with van der Waals surface area (Å²) in [5.41, 5.74) is 2.33. The number of benzene rings is 2. The predicted octanol–water partition coefficient (Wildman–Crippen LogP) is 4.75. The van der Waals surface area contributed by atoms with E-state index in [9.17, 15) is 5.26 Å². The standard InChI is InChI=1S/C22H21N5/c23-16-18-11-5-6-12-19(18)24-20-15-21(27-13-7-2-8-14-27)26-22(25-20)17-9-3-1-4-10-17/h1,3-6,9-12,15H,2,7-8,13-14H2,(H,24,25,26). The first-order valence-corrected chi connectivity index (χ1v) is 9.29. The molecule has 0 spiro atoms. The molecule has 3 aromatic rings. The normalized spacial score (nSPS) is 13.8. The average molecular weight is 355 g/mol. The summed E-state index contributed by atoms with van der Waals surface area (Å²) in [6.07, 6.45) is 3.64. The van der Waals surface area contributed by atoms with E-state index in [1.165, 1.54) is 19.3 Å². The zero-order valence-corrected chi connectivity index (χ0v) is 15.1. The van der Waals surface area contributed by atoms with Crippen molar-refractivity contribution in [1.29, 1.82) is 5.26 Å². The van der Waals surface area contributed by atoms with Crippen molar-refractivity contribution in [3.05, 3.63) is 66.2 Å². The number of rotatable bonds is 4. The van der Waals surface area contributed by atoms with Crippen LogP contribution in [0, 0.1) is 11.3 Å². The molecular weight excluding hydrogens is 334 g/mol. The van der Waals surface area contributed by atoms with Crippen LogP contribution in [0.2, 0.25) is 0 Å². The van der Waals surface area contributed by atoms with Gasteiger partial charge < -0.3 is 10.2 Å². The van der Waals surface area contributed by atoms with E-state index >= 15 is 0 Å². The third-order valence-electron chi connectivity index (χ3n) is 4.73. The number of aromatic nitrogens is 2. The van der Waals surface area contributed by atoms with Crippen LogP contribution in [0.3, 0.4) is 0 Å². The van der Waals surface area contributed by atoms with Gasteiger partial charge in [0.2, 0.25) is 0 Å². The van der Waals surface area contributed by atoms with Crippen LogP contribution in [-0.2, 0) is 0 Å². The van der Waals surface area contributed by atoms with Gasteiger partial charge in [-0.1, -0.05) is 42.5 Å². The van der Waals surface area contributed by atoms with Crippen LogP contribution in [0.15, 0.2) is 60.7 Å². The molecule has 1 N–H and O–H groups in total. The fourth-order valence-corrected chi connectivity index (χ4v) is 3.33. The third-order valence-corrected chi connectivity index (χ3v) is 4.73. The number of anilines is 3. The van der Waals surface area contributed by atoms with Gasteiger partial charge >= 0.3 is 0 Å². The molecule has 1 aliphatic rings. The molecule has 0 unspecified atom stereocenters. The Bertz CT molecular complexity index is 956. The molecule has 1 aliphatic heterocycles. The van der Waals surface area contributed by atoms with E-state index in [1.54, 1.807) is 6.07 Å². The first kappa shape index (κ1) is 17.0. The maximum Gasteiger partial charge on any atom is 0.163 e. The van der Waals surface area contributed by atoms with Crippen LogP contribution in [0.5, 0.6) is 0 Å². The molecule has 1 aromatic heterocycles. The minimum absolute atomic E-state index is 0.594. The Balaban J connectivity index is 1.74. The van der Waals surface area contributed by atoms with E-state index in [0.717, 1.165) is 30.2 Å². The van der Waals surface area contributed by atoms with Crippen molar-refractivity contribution in [2.75, 3.05) is 23.3 Å². The van der Waals surface area contributed by atoms with Gasteiger partial charge in [0.15, 0.2) is 5.82 Å². The molecule has 5 heteroatoms. The Morgan fingerprint density at radius 2 is 1.63 bits per heavy atom. The number of hydrogen-bond donors (Lipinski definition) is 1. The molecule has 0 saturated carbocycles. The number of para-hydroxylation sites is 1. The van der Waals surface area contributed by atoms with Crippen LogP contribution >= 0.6 is 0 Å². The first-order chi connectivity index (χ1) is 13.3. The van der Waals surface area contributed by atoms with Crippen molar-refractivity contribution in [3.8, 4) is 17.5 Å². The first-order valence-electron chi connectivity index (χ1n) is 9.29. The molecule has 5 nitrogen and oxygen atoms in total. The highest BCUT2D eigenvalue weighted by Gasteiger charge is 2.16. The van der Waals surface area contributed by atoms with Crippen molar-refractivity contribution in [2.45, 2.75) is 19.3 Å². The molecule has 134 valence electrons. The zero-order valence-electron chi connectivity index (χ0n) is 15.1. The summed E-state index contributed by atoms with van der Waals surface area (Å²) in [5.74, 6) is 2.32. The second kappa shape index (κ2) is 7.88. The minimum atomic E-state index is 0.594. The van der Waals surface area contributed by atoms with Gasteiger partial charge in [-0.25, -0.2) is 9.97 Å². The van der Waals surface area contributed by atoms with Crippen LogP contribution < -0.4 is 10.2 Å². The summed E-state index contributed by atoms with van der Waals surface area (Å²) in [4.78, 5) is 11.9. The molecule has 0 aliphatic carbocycles. The molecule has 1 saturated heterocycles. The van der Waals surface area contributed by atoms with Crippen molar-refractivity contribution in [1.82, 2.24) is 9.97 Å². The molecule has 0 amide bonds. The molecule has 27 heavy (non-hydrogen) atoms. The lowest BCUT2D eigenvalue weighted by atomic mass is 10.1. The van der Waals surface area contributed by atoms with Crippen molar-refractivity contribution >= 4 is 17.3 Å². The summed E-state index contributed by atoms with van der Waals surface area (Å²) < 4.78 is 0. The third kappa shape index (κ3) is 3.90. The van der Waals surface area contributed by atoms with Crippen molar-refractivity contribution in [3.63, 3.8) is 0 Å². The number of piperidine rings is 1. The van der Waals surface area contributed by atoms with Gasteiger partial charge in [-0.3, -0.25) is 0 Å². The quantitative estimate of drug-likeness (QED) is 0.732. The monoisotopic (exact) mass is 355 g/mol. The Kier molecular flexibility index (Phi) is 4.97. The molecule has 4 rings (SSSR count). The highest BCUT2D eigenvalue weighted by Crippen LogP contribution is 2.27. The number of nitriles is 1. The predicted molar refractivity (Wildman–Crippen MR) is 108 cm³/mol. The number of hydrogen-bond acceptors (Lipinski definition) is 5. The summed E-state index contributed by atoms with van der Waals surface area (Å²) in [6, 6.07) is 21.7. The van der Waals surface area contributed by atoms with E-state index < -0.39 is 0 Å². The van der Waals surface area contributed by atoms with Gasteiger partial charge in [0.05, 0.1) is 11.3 Å². The summed E-state index contributed by atoms with van der Waals surface area (Å²) in [5, 5.41) is 12.7. The Hall–Kier alpha value is -3.39. The molecule has 2 aromatic carbocycles. The Morgan fingerprint density at radius 3 is 2.41 bits per heavy atom. The molecule has 0 atom stereocenters. The second-order valence-corrected chi connectivity index (χ2v) is 6.63. The lowest BCUT2D eigenvalue weighted by molar-refractivity contribution is 0.573. The van der Waals surface area contributed by atoms with E-state index in [0.29, 0.717) is 17.2 Å². The highest BCUT2D eigenvalue weighted by molar-refractivity contribution is 5.68. The molecule has 0 radical (unpaired) electrons. The largest absolute Gasteiger partial charge is 0.356 e. The lowest BCUT2D eigenvalue weighted by Gasteiger charge is -2.28. The van der Waals surface area contributed by atoms with Gasteiger partial charge in [-0.2, -0.15) is 5.26 Å². The van der Waals surface area contributed by atoms with Gasteiger partial charge in [0, 0.05) is 24.7 Å². The average Bonchev–Trinajstić information content (AvgIpc) is 2.75. The van der Waals surface area contributed by atoms with E-state index in [-0.39, 0.29) is 0 Å². The fourth-order valence-electron chi connectivity index (χ4n) is 3.33. The van der Waals surface area contributed by atoms with Gasteiger partial charge in [-0.05, 0) is 31.4 Å². The van der Waals surface area contributed by atoms with Crippen LogP contribution in [0.4, 0.5) is 17.3 Å². The summed E-state index contributed by atoms with van der Waals surface area (Å²) in [6.45, 7) is 2.03. The van der Waals surface area contributed by atoms with E-state index in [2.05, 4.69) is 16.3 Å². The van der Waals surface area contributed by atoms with Crippen LogP contribution in [0.25, 0.3) is 11.4 Å². The smallest absolute Gasteiger partial charge is 0.163 e.